The van der Waals surface area contributed by atoms with Crippen LogP contribution in [0.25, 0.3) is 0 Å². The molecule has 2 unspecified atom stereocenters. The van der Waals surface area contributed by atoms with Crippen LogP contribution in [0.4, 0.5) is 0 Å². The molecule has 0 spiro atoms. The minimum Gasteiger partial charge on any atom is -0.477 e. The maximum absolute atomic E-state index is 11.2. The van der Waals surface area contributed by atoms with Gasteiger partial charge in [0, 0.05) is 25.3 Å². The summed E-state index contributed by atoms with van der Waals surface area (Å²) in [6.07, 6.45) is -4.86. The molecule has 1 amide bonds. The van der Waals surface area contributed by atoms with E-state index in [9.17, 15) is 24.9 Å². The monoisotopic (exact) mass is 307 g/mol. The lowest BCUT2D eigenvalue weighted by molar-refractivity contribution is -0.289. The lowest BCUT2D eigenvalue weighted by Gasteiger charge is -2.45. The van der Waals surface area contributed by atoms with Gasteiger partial charge in [0.25, 0.3) is 5.79 Å². The summed E-state index contributed by atoms with van der Waals surface area (Å²) >= 11 is 0. The Morgan fingerprint density at radius 1 is 1.43 bits per heavy atom. The van der Waals surface area contributed by atoms with Crippen LogP contribution in [-0.2, 0) is 14.3 Å². The van der Waals surface area contributed by atoms with E-state index in [4.69, 9.17) is 14.9 Å². The van der Waals surface area contributed by atoms with Gasteiger partial charge in [-0.3, -0.25) is 4.79 Å². The molecule has 21 heavy (non-hydrogen) atoms. The summed E-state index contributed by atoms with van der Waals surface area (Å²) in [5.74, 6) is -5.29. The number of carboxylic acids is 1. The van der Waals surface area contributed by atoms with Crippen LogP contribution < -0.4 is 5.32 Å². The van der Waals surface area contributed by atoms with Crippen molar-refractivity contribution in [2.75, 3.05) is 6.61 Å². The van der Waals surface area contributed by atoms with Crippen LogP contribution in [0, 0.1) is 5.92 Å². The highest BCUT2D eigenvalue weighted by atomic mass is 16.7. The summed E-state index contributed by atoms with van der Waals surface area (Å²) in [6, 6.07) is -0.775. The highest BCUT2D eigenvalue weighted by Gasteiger charge is 2.52. The Bertz CT molecular complexity index is 403. The van der Waals surface area contributed by atoms with Crippen molar-refractivity contribution in [3.05, 3.63) is 0 Å². The Morgan fingerprint density at radius 2 is 2.00 bits per heavy atom. The zero-order chi connectivity index (χ0) is 16.4. The van der Waals surface area contributed by atoms with Gasteiger partial charge in [0.2, 0.25) is 5.91 Å². The summed E-state index contributed by atoms with van der Waals surface area (Å²) in [7, 11) is 0. The number of carboxylic acid groups (broad SMARTS) is 1. The van der Waals surface area contributed by atoms with Gasteiger partial charge in [-0.2, -0.15) is 0 Å². The van der Waals surface area contributed by atoms with Crippen LogP contribution in [0.3, 0.4) is 0 Å². The fraction of sp³-hybridized carbons (Fsp3) is 0.833. The number of ether oxygens (including phenoxy) is 1. The third-order valence-electron chi connectivity index (χ3n) is 3.62. The van der Waals surface area contributed by atoms with Gasteiger partial charge in [0.05, 0.1) is 12.7 Å². The topological polar surface area (TPSA) is 157 Å². The van der Waals surface area contributed by atoms with Crippen LogP contribution in [0.15, 0.2) is 0 Å². The van der Waals surface area contributed by atoms with E-state index >= 15 is 0 Å². The molecule has 0 aromatic carbocycles. The van der Waals surface area contributed by atoms with Crippen molar-refractivity contribution in [2.24, 2.45) is 5.92 Å². The first-order valence-corrected chi connectivity index (χ1v) is 6.50. The predicted octanol–water partition coefficient (Wildman–Crippen LogP) is -2.60. The zero-order valence-electron chi connectivity index (χ0n) is 11.8. The number of amides is 1. The van der Waals surface area contributed by atoms with E-state index in [2.05, 4.69) is 5.32 Å². The molecule has 1 aliphatic rings. The number of rotatable bonds is 5. The largest absolute Gasteiger partial charge is 0.477 e. The summed E-state index contributed by atoms with van der Waals surface area (Å²) in [5, 5.41) is 49.8. The minimum absolute atomic E-state index is 0.401. The van der Waals surface area contributed by atoms with Crippen LogP contribution in [0.1, 0.15) is 20.3 Å². The Hall–Kier alpha value is -1.26. The van der Waals surface area contributed by atoms with Gasteiger partial charge >= 0.3 is 5.97 Å². The lowest BCUT2D eigenvalue weighted by Crippen LogP contribution is -2.63. The van der Waals surface area contributed by atoms with Crippen molar-refractivity contribution in [3.63, 3.8) is 0 Å². The highest BCUT2D eigenvalue weighted by molar-refractivity contribution is 5.76. The Kier molecular flexibility index (Phi) is 5.65. The Labute approximate surface area is 121 Å². The van der Waals surface area contributed by atoms with E-state index in [1.54, 1.807) is 6.92 Å². The third kappa shape index (κ3) is 3.89. The van der Waals surface area contributed by atoms with Gasteiger partial charge in [-0.1, -0.05) is 6.92 Å². The zero-order valence-corrected chi connectivity index (χ0v) is 11.8. The number of aliphatic hydroxyl groups excluding tert-OH is 3. The van der Waals surface area contributed by atoms with Crippen molar-refractivity contribution >= 4 is 11.9 Å². The van der Waals surface area contributed by atoms with Crippen LogP contribution >= 0.6 is 0 Å². The van der Waals surface area contributed by atoms with Crippen LogP contribution in [0.5, 0.6) is 0 Å². The second kappa shape index (κ2) is 6.67. The number of nitrogens with one attached hydrogen (secondary N) is 1. The molecule has 6 N–H and O–H groups in total. The van der Waals surface area contributed by atoms with Crippen molar-refractivity contribution in [2.45, 2.75) is 50.4 Å². The van der Waals surface area contributed by atoms with E-state index < -0.39 is 61.0 Å². The molecule has 0 aromatic heterocycles. The number of aliphatic carboxylic acids is 1. The van der Waals surface area contributed by atoms with Gasteiger partial charge in [-0.15, -0.1) is 0 Å². The molecule has 0 aromatic rings. The molecule has 6 atom stereocenters. The van der Waals surface area contributed by atoms with Gasteiger partial charge in [-0.05, 0) is 0 Å². The fourth-order valence-corrected chi connectivity index (χ4v) is 2.38. The van der Waals surface area contributed by atoms with E-state index in [1.165, 1.54) is 6.92 Å². The standard InChI is InChI=1S/C12H21NO8/c1-5-7(13-6(2)15)3-12(20,11(18)19)21-10(5)9(17)8(16)4-14/h5,7-10,14,16-17,20H,3-4H2,1-2H3,(H,13,15)(H,18,19)/t5-,7-,8-,9-,10?,12?/m1/s1. The van der Waals surface area contributed by atoms with Crippen molar-refractivity contribution in [3.8, 4) is 0 Å². The molecule has 122 valence electrons. The molecule has 1 rings (SSSR count). The quantitative estimate of drug-likeness (QED) is 0.323. The number of aliphatic hydroxyl groups is 4. The third-order valence-corrected chi connectivity index (χ3v) is 3.62. The number of hydrogen-bond donors (Lipinski definition) is 6. The molecule has 0 radical (unpaired) electrons. The maximum Gasteiger partial charge on any atom is 0.364 e. The SMILES string of the molecule is CC(=O)N[C@@H]1CC(O)(C(=O)O)OC([C@H](O)[C@H](O)CO)[C@@H]1C. The number of hydrogen-bond acceptors (Lipinski definition) is 7. The molecule has 0 saturated carbocycles. The van der Waals surface area contributed by atoms with E-state index in [0.717, 1.165) is 0 Å². The maximum atomic E-state index is 11.2. The van der Waals surface area contributed by atoms with Gasteiger partial charge in [-0.25, -0.2) is 4.79 Å². The van der Waals surface area contributed by atoms with Crippen LogP contribution in [-0.4, -0.2) is 74.2 Å². The minimum atomic E-state index is -2.60. The molecule has 9 heteroatoms. The predicted molar refractivity (Wildman–Crippen MR) is 67.9 cm³/mol. The smallest absolute Gasteiger partial charge is 0.364 e. The second-order valence-corrected chi connectivity index (χ2v) is 5.28. The first-order chi connectivity index (χ1) is 9.62. The average molecular weight is 307 g/mol. The molecule has 1 fully saturated rings. The van der Waals surface area contributed by atoms with Gasteiger partial charge in [0.1, 0.15) is 12.2 Å². The lowest BCUT2D eigenvalue weighted by atomic mass is 9.83. The highest BCUT2D eigenvalue weighted by Crippen LogP contribution is 2.33. The molecule has 1 aliphatic heterocycles. The summed E-state index contributed by atoms with van der Waals surface area (Å²) in [6.45, 7) is 2.04. The molecule has 1 heterocycles. The van der Waals surface area contributed by atoms with Crippen molar-refractivity contribution in [1.82, 2.24) is 5.32 Å². The first-order valence-electron chi connectivity index (χ1n) is 6.50. The Morgan fingerprint density at radius 3 is 2.43 bits per heavy atom. The molecular weight excluding hydrogens is 286 g/mol. The molecular formula is C12H21NO8. The Balaban J connectivity index is 3.05. The molecule has 0 bridgehead atoms. The molecule has 0 aliphatic carbocycles. The van der Waals surface area contributed by atoms with Gasteiger partial charge in [0.15, 0.2) is 0 Å². The average Bonchev–Trinajstić information content (AvgIpc) is 2.40. The van der Waals surface area contributed by atoms with E-state index in [-0.39, 0.29) is 0 Å². The molecule has 1 saturated heterocycles. The summed E-state index contributed by atoms with van der Waals surface area (Å²) in [4.78, 5) is 22.3. The second-order valence-electron chi connectivity index (χ2n) is 5.28. The van der Waals surface area contributed by atoms with E-state index in [0.29, 0.717) is 0 Å². The number of carbonyl (C=O) groups is 2. The van der Waals surface area contributed by atoms with Gasteiger partial charge < -0.3 is 35.6 Å². The summed E-state index contributed by atoms with van der Waals surface area (Å²) in [5.41, 5.74) is 0. The van der Waals surface area contributed by atoms with Crippen LogP contribution in [0.2, 0.25) is 0 Å². The van der Waals surface area contributed by atoms with E-state index in [1.807, 2.05) is 0 Å². The van der Waals surface area contributed by atoms with Crippen molar-refractivity contribution < 1.29 is 39.9 Å². The molecule has 9 nitrogen and oxygen atoms in total. The number of carbonyl (C=O) groups excluding carboxylic acids is 1. The normalized spacial score (nSPS) is 35.8. The summed E-state index contributed by atoms with van der Waals surface area (Å²) < 4.78 is 5.03. The first kappa shape index (κ1) is 17.8. The van der Waals surface area contributed by atoms with Crippen molar-refractivity contribution in [1.29, 1.82) is 0 Å². The fourth-order valence-electron chi connectivity index (χ4n) is 2.38.